The highest BCUT2D eigenvalue weighted by Crippen LogP contribution is 2.36. The minimum atomic E-state index is 0.164. The van der Waals surface area contributed by atoms with Gasteiger partial charge in [0.25, 0.3) is 0 Å². The molecule has 0 aliphatic heterocycles. The normalized spacial score (nSPS) is 27.9. The van der Waals surface area contributed by atoms with Gasteiger partial charge >= 0.3 is 5.35 Å². The van der Waals surface area contributed by atoms with Gasteiger partial charge in [0.15, 0.2) is 0 Å². The Bertz CT molecular complexity index is 292. The standard InChI is InChI=1S/C10H15ClN2O/c1-2-7-3-5-8(6-4-7)9-12-13-10(11)14-9/h7-8H,2-6H2,1H3. The van der Waals surface area contributed by atoms with Gasteiger partial charge in [-0.2, -0.15) is 0 Å². The van der Waals surface area contributed by atoms with E-state index in [1.54, 1.807) is 0 Å². The molecule has 0 N–H and O–H groups in total. The van der Waals surface area contributed by atoms with E-state index >= 15 is 0 Å². The van der Waals surface area contributed by atoms with Crippen LogP contribution in [0.2, 0.25) is 5.35 Å². The summed E-state index contributed by atoms with van der Waals surface area (Å²) in [7, 11) is 0. The Labute approximate surface area is 88.9 Å². The zero-order chi connectivity index (χ0) is 9.97. The molecular formula is C10H15ClN2O. The maximum Gasteiger partial charge on any atom is 0.312 e. The largest absolute Gasteiger partial charge is 0.412 e. The predicted molar refractivity (Wildman–Crippen MR) is 54.3 cm³/mol. The second-order valence-corrected chi connectivity index (χ2v) is 4.34. The molecule has 1 aromatic heterocycles. The van der Waals surface area contributed by atoms with Crippen LogP contribution in [0.4, 0.5) is 0 Å². The van der Waals surface area contributed by atoms with Crippen LogP contribution < -0.4 is 0 Å². The van der Waals surface area contributed by atoms with Crippen LogP contribution in [0, 0.1) is 5.92 Å². The molecule has 78 valence electrons. The van der Waals surface area contributed by atoms with E-state index in [0.29, 0.717) is 5.92 Å². The van der Waals surface area contributed by atoms with E-state index in [1.165, 1.54) is 19.3 Å². The van der Waals surface area contributed by atoms with E-state index in [0.717, 1.165) is 24.7 Å². The zero-order valence-electron chi connectivity index (χ0n) is 8.37. The van der Waals surface area contributed by atoms with Crippen LogP contribution in [-0.2, 0) is 0 Å². The second kappa shape index (κ2) is 4.30. The van der Waals surface area contributed by atoms with Crippen LogP contribution >= 0.6 is 11.6 Å². The third kappa shape index (κ3) is 2.08. The lowest BCUT2D eigenvalue weighted by Gasteiger charge is -2.25. The van der Waals surface area contributed by atoms with Gasteiger partial charge in [-0.15, -0.1) is 5.10 Å². The minimum Gasteiger partial charge on any atom is -0.412 e. The van der Waals surface area contributed by atoms with Gasteiger partial charge in [0.1, 0.15) is 0 Å². The fraction of sp³-hybridized carbons (Fsp3) is 0.800. The molecule has 0 aromatic carbocycles. The number of halogens is 1. The van der Waals surface area contributed by atoms with E-state index < -0.39 is 0 Å². The molecule has 0 unspecified atom stereocenters. The number of rotatable bonds is 2. The molecule has 1 aromatic rings. The first kappa shape index (κ1) is 9.97. The summed E-state index contributed by atoms with van der Waals surface area (Å²) in [6, 6.07) is 0. The average molecular weight is 215 g/mol. The predicted octanol–water partition coefficient (Wildman–Crippen LogP) is 3.41. The zero-order valence-corrected chi connectivity index (χ0v) is 9.13. The van der Waals surface area contributed by atoms with Gasteiger partial charge in [0, 0.05) is 5.92 Å². The summed E-state index contributed by atoms with van der Waals surface area (Å²) in [5, 5.41) is 7.79. The van der Waals surface area contributed by atoms with E-state index in [2.05, 4.69) is 17.1 Å². The van der Waals surface area contributed by atoms with Crippen molar-refractivity contribution in [3.8, 4) is 0 Å². The average Bonchev–Trinajstić information content (AvgIpc) is 2.65. The van der Waals surface area contributed by atoms with Crippen molar-refractivity contribution in [3.63, 3.8) is 0 Å². The third-order valence-electron chi connectivity index (χ3n) is 3.19. The Morgan fingerprint density at radius 2 is 2.00 bits per heavy atom. The summed E-state index contributed by atoms with van der Waals surface area (Å²) in [5.74, 6) is 2.06. The number of hydrogen-bond donors (Lipinski definition) is 0. The topological polar surface area (TPSA) is 38.9 Å². The molecule has 0 atom stereocenters. The van der Waals surface area contributed by atoms with Crippen LogP contribution in [0.1, 0.15) is 50.8 Å². The maximum atomic E-state index is 5.60. The summed E-state index contributed by atoms with van der Waals surface area (Å²) in [4.78, 5) is 0. The summed E-state index contributed by atoms with van der Waals surface area (Å²) in [6.07, 6.45) is 6.17. The molecule has 3 nitrogen and oxygen atoms in total. The monoisotopic (exact) mass is 214 g/mol. The fourth-order valence-electron chi connectivity index (χ4n) is 2.20. The maximum absolute atomic E-state index is 5.60. The van der Waals surface area contributed by atoms with Gasteiger partial charge in [0.05, 0.1) is 0 Å². The highest BCUT2D eigenvalue weighted by atomic mass is 35.5. The van der Waals surface area contributed by atoms with Crippen LogP contribution in [0.25, 0.3) is 0 Å². The first-order chi connectivity index (χ1) is 6.79. The van der Waals surface area contributed by atoms with Crippen LogP contribution in [0.15, 0.2) is 4.42 Å². The molecule has 4 heteroatoms. The Hall–Kier alpha value is -0.570. The Balaban J connectivity index is 1.95. The number of aromatic nitrogens is 2. The van der Waals surface area contributed by atoms with Gasteiger partial charge in [-0.25, -0.2) is 0 Å². The molecule has 1 saturated carbocycles. The van der Waals surface area contributed by atoms with Crippen molar-refractivity contribution in [2.45, 2.75) is 44.9 Å². The molecule has 0 radical (unpaired) electrons. The smallest absolute Gasteiger partial charge is 0.312 e. The van der Waals surface area contributed by atoms with Crippen LogP contribution in [0.3, 0.4) is 0 Å². The first-order valence-electron chi connectivity index (χ1n) is 5.28. The van der Waals surface area contributed by atoms with Crippen molar-refractivity contribution in [1.82, 2.24) is 10.2 Å². The molecular weight excluding hydrogens is 200 g/mol. The van der Waals surface area contributed by atoms with Gasteiger partial charge in [-0.3, -0.25) is 0 Å². The molecule has 0 spiro atoms. The second-order valence-electron chi connectivity index (χ2n) is 4.02. The minimum absolute atomic E-state index is 0.164. The summed E-state index contributed by atoms with van der Waals surface area (Å²) in [6.45, 7) is 2.26. The van der Waals surface area contributed by atoms with Crippen molar-refractivity contribution < 1.29 is 4.42 Å². The van der Waals surface area contributed by atoms with Crippen molar-refractivity contribution in [2.24, 2.45) is 5.92 Å². The molecule has 0 bridgehead atoms. The van der Waals surface area contributed by atoms with Crippen molar-refractivity contribution in [2.75, 3.05) is 0 Å². The van der Waals surface area contributed by atoms with Crippen molar-refractivity contribution in [1.29, 1.82) is 0 Å². The summed E-state index contributed by atoms with van der Waals surface area (Å²) >= 11 is 5.60. The van der Waals surface area contributed by atoms with E-state index in [4.69, 9.17) is 16.0 Å². The lowest BCUT2D eigenvalue weighted by molar-refractivity contribution is 0.287. The highest BCUT2D eigenvalue weighted by Gasteiger charge is 2.25. The van der Waals surface area contributed by atoms with Crippen LogP contribution in [-0.4, -0.2) is 10.2 Å². The van der Waals surface area contributed by atoms with Crippen molar-refractivity contribution in [3.05, 3.63) is 11.2 Å². The van der Waals surface area contributed by atoms with E-state index in [-0.39, 0.29) is 5.35 Å². The molecule has 1 fully saturated rings. The van der Waals surface area contributed by atoms with Gasteiger partial charge in [-0.05, 0) is 43.2 Å². The third-order valence-corrected chi connectivity index (χ3v) is 3.34. The van der Waals surface area contributed by atoms with Gasteiger partial charge in [-0.1, -0.05) is 18.4 Å². The lowest BCUT2D eigenvalue weighted by Crippen LogP contribution is -2.12. The summed E-state index contributed by atoms with van der Waals surface area (Å²) < 4.78 is 5.24. The van der Waals surface area contributed by atoms with Crippen LogP contribution in [0.5, 0.6) is 0 Å². The number of hydrogen-bond acceptors (Lipinski definition) is 3. The molecule has 1 aliphatic rings. The molecule has 14 heavy (non-hydrogen) atoms. The van der Waals surface area contributed by atoms with E-state index in [1.807, 2.05) is 0 Å². The molecule has 0 saturated heterocycles. The summed E-state index contributed by atoms with van der Waals surface area (Å²) in [5.41, 5.74) is 0. The quantitative estimate of drug-likeness (QED) is 0.758. The van der Waals surface area contributed by atoms with Crippen molar-refractivity contribution >= 4 is 11.6 Å². The molecule has 1 aliphatic carbocycles. The molecule has 0 amide bonds. The fourth-order valence-corrected chi connectivity index (χ4v) is 2.32. The Kier molecular flexibility index (Phi) is 3.06. The molecule has 2 rings (SSSR count). The van der Waals surface area contributed by atoms with Gasteiger partial charge in [0.2, 0.25) is 5.89 Å². The first-order valence-corrected chi connectivity index (χ1v) is 5.66. The lowest BCUT2D eigenvalue weighted by atomic mass is 9.81. The van der Waals surface area contributed by atoms with E-state index in [9.17, 15) is 0 Å². The Morgan fingerprint density at radius 3 is 2.50 bits per heavy atom. The van der Waals surface area contributed by atoms with Gasteiger partial charge < -0.3 is 4.42 Å². The molecule has 1 heterocycles. The number of nitrogens with zero attached hydrogens (tertiary/aromatic N) is 2. The highest BCUT2D eigenvalue weighted by molar-refractivity contribution is 6.27. The SMILES string of the molecule is CCC1CCC(c2nnc(Cl)o2)CC1. The Morgan fingerprint density at radius 1 is 1.29 bits per heavy atom.